The number of fused-ring (bicyclic) bond motifs is 1. The van der Waals surface area contributed by atoms with Crippen molar-refractivity contribution in [2.75, 3.05) is 35.8 Å². The second-order valence-electron chi connectivity index (χ2n) is 11.1. The van der Waals surface area contributed by atoms with Gasteiger partial charge in [-0.3, -0.25) is 4.79 Å². The van der Waals surface area contributed by atoms with Crippen molar-refractivity contribution in [3.8, 4) is 11.1 Å². The van der Waals surface area contributed by atoms with E-state index in [1.54, 1.807) is 19.3 Å². The molecule has 2 fully saturated rings. The van der Waals surface area contributed by atoms with Crippen molar-refractivity contribution >= 4 is 46.0 Å². The molecular weight excluding hydrogens is 572 g/mol. The number of carbonyl (C=O) groups is 2. The lowest BCUT2D eigenvalue weighted by molar-refractivity contribution is -0.111. The van der Waals surface area contributed by atoms with Crippen molar-refractivity contribution in [3.63, 3.8) is 0 Å². The number of rotatable bonds is 9. The number of nitrogens with zero attached hydrogens (tertiary/aromatic N) is 3. The Balaban J connectivity index is 1.27. The highest BCUT2D eigenvalue weighted by molar-refractivity contribution is 7.90. The lowest BCUT2D eigenvalue weighted by Gasteiger charge is -2.31. The van der Waals surface area contributed by atoms with E-state index in [0.717, 1.165) is 49.0 Å². The van der Waals surface area contributed by atoms with Crippen LogP contribution in [0.2, 0.25) is 0 Å². The molecule has 2 saturated heterocycles. The molecule has 0 aliphatic carbocycles. The SMILES string of the molecule is CCc1c(N[S+]([O-])N2CCC(F)C2)ccc(F)c1C(=O)c1c[nH]c2ncc(-c3ccc(N4CCC(C=O)CC4)cc3)cc12. The van der Waals surface area contributed by atoms with E-state index in [-0.39, 0.29) is 23.6 Å². The van der Waals surface area contributed by atoms with Crippen LogP contribution >= 0.6 is 0 Å². The molecule has 2 N–H and O–H groups in total. The van der Waals surface area contributed by atoms with Gasteiger partial charge in [-0.05, 0) is 67.1 Å². The summed E-state index contributed by atoms with van der Waals surface area (Å²) < 4.78 is 46.2. The number of benzene rings is 2. The number of aromatic amines is 1. The van der Waals surface area contributed by atoms with E-state index in [2.05, 4.69) is 19.6 Å². The fraction of sp³-hybridized carbons (Fsp3) is 0.344. The summed E-state index contributed by atoms with van der Waals surface area (Å²) in [5.41, 5.74) is 4.30. The number of ketones is 1. The van der Waals surface area contributed by atoms with Crippen LogP contribution in [-0.4, -0.2) is 63.2 Å². The number of carbonyl (C=O) groups excluding carboxylic acids is 2. The molecule has 43 heavy (non-hydrogen) atoms. The normalized spacial score (nSPS) is 18.7. The van der Waals surface area contributed by atoms with Crippen molar-refractivity contribution in [1.82, 2.24) is 14.3 Å². The first kappa shape index (κ1) is 29.3. The fourth-order valence-corrected chi connectivity index (χ4v) is 7.04. The number of H-pyrrole nitrogens is 1. The summed E-state index contributed by atoms with van der Waals surface area (Å²) in [6, 6.07) is 12.6. The highest BCUT2D eigenvalue weighted by Crippen LogP contribution is 2.32. The van der Waals surface area contributed by atoms with E-state index >= 15 is 4.39 Å². The third kappa shape index (κ3) is 5.89. The molecule has 2 aliphatic rings. The standard InChI is InChI=1S/C32H33F2N5O3S/c1-2-25-29(37-43(42)39-14-11-23(33)18-39)8-7-28(34)30(25)31(41)27-17-36-32-26(27)15-22(16-35-32)21-3-5-24(6-4-21)38-12-9-20(19-40)10-13-38/h3-8,15-17,19-20,23,37H,2,9-14,18H2,1H3,(H,35,36). The number of hydrogen-bond donors (Lipinski definition) is 2. The number of pyridine rings is 1. The first-order valence-corrected chi connectivity index (χ1v) is 15.7. The van der Waals surface area contributed by atoms with Gasteiger partial charge in [0.1, 0.15) is 23.9 Å². The third-order valence-corrected chi connectivity index (χ3v) is 9.64. The van der Waals surface area contributed by atoms with Gasteiger partial charge in [-0.15, -0.1) is 4.31 Å². The second kappa shape index (κ2) is 12.4. The zero-order valence-corrected chi connectivity index (χ0v) is 24.6. The summed E-state index contributed by atoms with van der Waals surface area (Å²) in [7, 11) is 0. The number of alkyl halides is 1. The maximum atomic E-state index is 15.3. The molecule has 2 aromatic heterocycles. The minimum Gasteiger partial charge on any atom is -0.573 e. The zero-order chi connectivity index (χ0) is 30.1. The van der Waals surface area contributed by atoms with Crippen molar-refractivity contribution in [2.24, 2.45) is 5.92 Å². The molecule has 8 nitrogen and oxygen atoms in total. The molecule has 4 aromatic rings. The van der Waals surface area contributed by atoms with Crippen molar-refractivity contribution in [2.45, 2.75) is 38.8 Å². The van der Waals surface area contributed by atoms with Crippen molar-refractivity contribution in [1.29, 1.82) is 0 Å². The predicted molar refractivity (Wildman–Crippen MR) is 165 cm³/mol. The van der Waals surface area contributed by atoms with Gasteiger partial charge < -0.3 is 19.2 Å². The fourth-order valence-electron chi connectivity index (χ4n) is 5.97. The predicted octanol–water partition coefficient (Wildman–Crippen LogP) is 5.61. The van der Waals surface area contributed by atoms with E-state index in [4.69, 9.17) is 0 Å². The number of nitrogens with one attached hydrogen (secondary N) is 2. The summed E-state index contributed by atoms with van der Waals surface area (Å²) in [4.78, 5) is 34.8. The van der Waals surface area contributed by atoms with Gasteiger partial charge in [0.2, 0.25) is 0 Å². The molecule has 0 bridgehead atoms. The molecule has 2 atom stereocenters. The number of aromatic nitrogens is 2. The Morgan fingerprint density at radius 2 is 1.91 bits per heavy atom. The molecule has 224 valence electrons. The number of piperidine rings is 1. The third-order valence-electron chi connectivity index (χ3n) is 8.44. The maximum Gasteiger partial charge on any atom is 0.198 e. The van der Waals surface area contributed by atoms with Crippen LogP contribution in [0.1, 0.15) is 47.7 Å². The van der Waals surface area contributed by atoms with Crippen LogP contribution < -0.4 is 9.62 Å². The molecule has 0 saturated carbocycles. The average molecular weight is 606 g/mol. The Hall–Kier alpha value is -3.80. The van der Waals surface area contributed by atoms with Crippen LogP contribution in [0.5, 0.6) is 0 Å². The molecule has 2 unspecified atom stereocenters. The summed E-state index contributed by atoms with van der Waals surface area (Å²) >= 11 is -1.72. The monoisotopic (exact) mass is 605 g/mol. The Kier molecular flexibility index (Phi) is 8.47. The van der Waals surface area contributed by atoms with Gasteiger partial charge in [-0.2, -0.15) is 4.72 Å². The number of halogens is 2. The van der Waals surface area contributed by atoms with Gasteiger partial charge in [0.25, 0.3) is 0 Å². The first-order valence-electron chi connectivity index (χ1n) is 14.6. The van der Waals surface area contributed by atoms with E-state index in [1.165, 1.54) is 16.4 Å². The molecule has 4 heterocycles. The second-order valence-corrected chi connectivity index (χ2v) is 12.3. The molecular formula is C32H33F2N5O3S. The zero-order valence-electron chi connectivity index (χ0n) is 23.8. The quantitative estimate of drug-likeness (QED) is 0.145. The van der Waals surface area contributed by atoms with Crippen LogP contribution in [0.3, 0.4) is 0 Å². The summed E-state index contributed by atoms with van der Waals surface area (Å²) in [5, 5.41) is 0.567. The van der Waals surface area contributed by atoms with Gasteiger partial charge >= 0.3 is 0 Å². The summed E-state index contributed by atoms with van der Waals surface area (Å²) in [6.07, 6.45) is 5.62. The Labute approximate surface area is 251 Å². The number of anilines is 2. The van der Waals surface area contributed by atoms with Crippen LogP contribution in [0.25, 0.3) is 22.2 Å². The lowest BCUT2D eigenvalue weighted by Crippen LogP contribution is -2.34. The van der Waals surface area contributed by atoms with Crippen molar-refractivity contribution in [3.05, 3.63) is 77.4 Å². The van der Waals surface area contributed by atoms with Gasteiger partial charge in [0.05, 0.1) is 17.8 Å². The topological polar surface area (TPSA) is 104 Å². The van der Waals surface area contributed by atoms with Crippen molar-refractivity contribution < 1.29 is 22.9 Å². The van der Waals surface area contributed by atoms with E-state index < -0.39 is 29.3 Å². The van der Waals surface area contributed by atoms with Crippen LogP contribution in [0.4, 0.5) is 20.2 Å². The molecule has 0 radical (unpaired) electrons. The van der Waals surface area contributed by atoms with Gasteiger partial charge in [-0.25, -0.2) is 13.8 Å². The Bertz CT molecular complexity index is 1640. The molecule has 11 heteroatoms. The molecule has 2 aromatic carbocycles. The van der Waals surface area contributed by atoms with Gasteiger partial charge in [0, 0.05) is 60.1 Å². The largest absolute Gasteiger partial charge is 0.573 e. The summed E-state index contributed by atoms with van der Waals surface area (Å²) in [6.45, 7) is 3.88. The lowest BCUT2D eigenvalue weighted by atomic mass is 9.94. The Morgan fingerprint density at radius 3 is 2.58 bits per heavy atom. The van der Waals surface area contributed by atoms with Crippen LogP contribution in [-0.2, 0) is 22.8 Å². The van der Waals surface area contributed by atoms with Crippen LogP contribution in [0, 0.1) is 11.7 Å². The molecule has 0 amide bonds. The van der Waals surface area contributed by atoms with Crippen LogP contribution in [0.15, 0.2) is 54.9 Å². The molecule has 6 rings (SSSR count). The highest BCUT2D eigenvalue weighted by Gasteiger charge is 2.32. The van der Waals surface area contributed by atoms with Gasteiger partial charge in [0.15, 0.2) is 17.3 Å². The smallest absolute Gasteiger partial charge is 0.198 e. The minimum atomic E-state index is -1.72. The molecule has 2 aliphatic heterocycles. The number of aldehydes is 1. The number of hydrogen-bond acceptors (Lipinski definition) is 7. The van der Waals surface area contributed by atoms with E-state index in [1.807, 2.05) is 30.3 Å². The minimum absolute atomic E-state index is 0.0571. The summed E-state index contributed by atoms with van der Waals surface area (Å²) in [5.74, 6) is -1.04. The maximum absolute atomic E-state index is 15.3. The van der Waals surface area contributed by atoms with E-state index in [9.17, 15) is 18.5 Å². The molecule has 0 spiro atoms. The van der Waals surface area contributed by atoms with Gasteiger partial charge in [-0.1, -0.05) is 19.1 Å². The highest BCUT2D eigenvalue weighted by atomic mass is 32.2. The Morgan fingerprint density at radius 1 is 1.14 bits per heavy atom. The first-order chi connectivity index (χ1) is 20.9. The average Bonchev–Trinajstić information content (AvgIpc) is 3.67. The van der Waals surface area contributed by atoms with E-state index in [0.29, 0.717) is 41.7 Å².